The second kappa shape index (κ2) is 8.28. The molecular weight excluding hydrogens is 250 g/mol. The van der Waals surface area contributed by atoms with Crippen molar-refractivity contribution >= 4 is 5.91 Å². The smallest absolute Gasteiger partial charge is 0.235 e. The highest BCUT2D eigenvalue weighted by molar-refractivity contribution is 5.79. The number of hydrogen-bond acceptors (Lipinski definition) is 3. The molecule has 1 rings (SSSR count). The van der Waals surface area contributed by atoms with Crippen LogP contribution in [-0.4, -0.2) is 48.6 Å². The van der Waals surface area contributed by atoms with E-state index in [4.69, 9.17) is 6.42 Å². The van der Waals surface area contributed by atoms with E-state index in [2.05, 4.69) is 28.4 Å². The maximum Gasteiger partial charge on any atom is 0.235 e. The van der Waals surface area contributed by atoms with Crippen molar-refractivity contribution in [3.8, 4) is 12.3 Å². The van der Waals surface area contributed by atoms with Crippen LogP contribution in [0.2, 0.25) is 0 Å². The van der Waals surface area contributed by atoms with Crippen LogP contribution in [0.5, 0.6) is 0 Å². The molecule has 2 N–H and O–H groups in total. The Morgan fingerprint density at radius 1 is 1.45 bits per heavy atom. The number of carbonyl (C=O) groups excluding carboxylic acids is 1. The highest BCUT2D eigenvalue weighted by atomic mass is 16.2. The molecule has 0 aromatic rings. The molecule has 1 aliphatic rings. The van der Waals surface area contributed by atoms with Crippen molar-refractivity contribution in [2.24, 2.45) is 0 Å². The first kappa shape index (κ1) is 17.0. The van der Waals surface area contributed by atoms with Gasteiger partial charge in [0.1, 0.15) is 5.54 Å². The number of rotatable bonds is 7. The molecule has 20 heavy (non-hydrogen) atoms. The first-order valence-electron chi connectivity index (χ1n) is 7.84. The van der Waals surface area contributed by atoms with E-state index in [0.717, 1.165) is 38.9 Å². The van der Waals surface area contributed by atoms with Gasteiger partial charge < -0.3 is 10.6 Å². The summed E-state index contributed by atoms with van der Waals surface area (Å²) in [7, 11) is 0. The van der Waals surface area contributed by atoms with Crippen molar-refractivity contribution in [2.45, 2.75) is 58.0 Å². The van der Waals surface area contributed by atoms with E-state index >= 15 is 0 Å². The minimum absolute atomic E-state index is 0.0408. The van der Waals surface area contributed by atoms with Crippen LogP contribution in [-0.2, 0) is 4.79 Å². The molecule has 0 spiro atoms. The topological polar surface area (TPSA) is 44.4 Å². The third kappa shape index (κ3) is 4.50. The number of carbonyl (C=O) groups is 1. The molecule has 0 aliphatic carbocycles. The molecular formula is C16H29N3O. The molecule has 1 heterocycles. The molecule has 1 unspecified atom stereocenters. The minimum atomic E-state index is -0.485. The lowest BCUT2D eigenvalue weighted by molar-refractivity contribution is -0.124. The van der Waals surface area contributed by atoms with Crippen LogP contribution in [0, 0.1) is 12.3 Å². The van der Waals surface area contributed by atoms with E-state index in [1.165, 1.54) is 6.42 Å². The van der Waals surface area contributed by atoms with Crippen LogP contribution in [0.25, 0.3) is 0 Å². The Morgan fingerprint density at radius 3 is 2.60 bits per heavy atom. The summed E-state index contributed by atoms with van der Waals surface area (Å²) in [5.74, 6) is 2.79. The number of amides is 1. The highest BCUT2D eigenvalue weighted by Gasteiger charge is 2.27. The number of hydrogen-bond donors (Lipinski definition) is 2. The van der Waals surface area contributed by atoms with E-state index < -0.39 is 5.54 Å². The maximum absolute atomic E-state index is 12.3. The number of piperidine rings is 1. The zero-order valence-corrected chi connectivity index (χ0v) is 13.2. The second-order valence-electron chi connectivity index (χ2n) is 5.55. The number of nitrogens with one attached hydrogen (secondary N) is 2. The second-order valence-corrected chi connectivity index (χ2v) is 5.55. The van der Waals surface area contributed by atoms with Crippen LogP contribution in [0.4, 0.5) is 0 Å². The summed E-state index contributed by atoms with van der Waals surface area (Å²) in [5, 5.41) is 6.45. The fourth-order valence-corrected chi connectivity index (χ4v) is 2.80. The van der Waals surface area contributed by atoms with Gasteiger partial charge in [0, 0.05) is 12.6 Å². The summed E-state index contributed by atoms with van der Waals surface area (Å²) in [6, 6.07) is 0.461. The number of likely N-dealkylation sites (N-methyl/N-ethyl adjacent to an activating group) is 1. The van der Waals surface area contributed by atoms with Gasteiger partial charge in [-0.05, 0) is 38.8 Å². The predicted molar refractivity (Wildman–Crippen MR) is 83.4 cm³/mol. The number of terminal acetylenes is 1. The van der Waals surface area contributed by atoms with Crippen LogP contribution in [0.1, 0.15) is 46.5 Å². The van der Waals surface area contributed by atoms with Crippen LogP contribution in [0.3, 0.4) is 0 Å². The fraction of sp³-hybridized carbons (Fsp3) is 0.812. The first-order chi connectivity index (χ1) is 9.60. The first-order valence-corrected chi connectivity index (χ1v) is 7.84. The van der Waals surface area contributed by atoms with Crippen molar-refractivity contribution < 1.29 is 4.79 Å². The Hall–Kier alpha value is -1.05. The van der Waals surface area contributed by atoms with Crippen molar-refractivity contribution in [3.05, 3.63) is 0 Å². The van der Waals surface area contributed by atoms with Crippen LogP contribution < -0.4 is 10.6 Å². The zero-order chi connectivity index (χ0) is 15.0. The predicted octanol–water partition coefficient (Wildman–Crippen LogP) is 1.37. The zero-order valence-electron chi connectivity index (χ0n) is 13.2. The Kier molecular flexibility index (Phi) is 7.04. The molecule has 1 amide bonds. The lowest BCUT2D eigenvalue weighted by atomic mass is 9.94. The summed E-state index contributed by atoms with van der Waals surface area (Å²) >= 11 is 0. The molecule has 1 aliphatic heterocycles. The Balaban J connectivity index is 2.56. The molecule has 1 fully saturated rings. The van der Waals surface area contributed by atoms with Gasteiger partial charge in [0.15, 0.2) is 0 Å². The monoisotopic (exact) mass is 279 g/mol. The van der Waals surface area contributed by atoms with Gasteiger partial charge in [-0.2, -0.15) is 0 Å². The molecule has 0 bridgehead atoms. The van der Waals surface area contributed by atoms with E-state index in [-0.39, 0.29) is 5.91 Å². The largest absolute Gasteiger partial charge is 0.339 e. The van der Waals surface area contributed by atoms with Gasteiger partial charge in [0.05, 0.1) is 6.54 Å². The Morgan fingerprint density at radius 2 is 2.15 bits per heavy atom. The van der Waals surface area contributed by atoms with Crippen molar-refractivity contribution in [3.63, 3.8) is 0 Å². The summed E-state index contributed by atoms with van der Waals surface area (Å²) in [6.07, 6.45) is 9.47. The molecule has 0 aromatic heterocycles. The SMILES string of the molecule is C#CC(CC)(CC)NC(=O)CN(CC)C1CCCNC1. The van der Waals surface area contributed by atoms with Gasteiger partial charge in [-0.25, -0.2) is 0 Å². The molecule has 4 nitrogen and oxygen atoms in total. The Labute approximate surface area is 123 Å². The average molecular weight is 279 g/mol. The molecule has 1 atom stereocenters. The van der Waals surface area contributed by atoms with Crippen molar-refractivity contribution in [1.82, 2.24) is 15.5 Å². The van der Waals surface area contributed by atoms with Crippen LogP contribution >= 0.6 is 0 Å². The summed E-state index contributed by atoms with van der Waals surface area (Å²) < 4.78 is 0. The van der Waals surface area contributed by atoms with Crippen molar-refractivity contribution in [2.75, 3.05) is 26.2 Å². The molecule has 4 heteroatoms. The van der Waals surface area contributed by atoms with Gasteiger partial charge in [-0.15, -0.1) is 6.42 Å². The van der Waals surface area contributed by atoms with Gasteiger partial charge in [0.2, 0.25) is 5.91 Å². The normalized spacial score (nSPS) is 19.6. The lowest BCUT2D eigenvalue weighted by Gasteiger charge is -2.34. The molecule has 0 saturated carbocycles. The standard InChI is InChI=1S/C16H29N3O/c1-5-16(6-2,7-3)18-15(20)13-19(8-4)14-10-9-11-17-12-14/h1,14,17H,6-13H2,2-4H3,(H,18,20). The summed E-state index contributed by atoms with van der Waals surface area (Å²) in [6.45, 7) is 9.54. The molecule has 114 valence electrons. The van der Waals surface area contributed by atoms with Gasteiger partial charge in [-0.3, -0.25) is 9.69 Å². The quantitative estimate of drug-likeness (QED) is 0.692. The average Bonchev–Trinajstić information content (AvgIpc) is 2.51. The molecule has 0 aromatic carbocycles. The number of nitrogens with zero attached hydrogens (tertiary/aromatic N) is 1. The fourth-order valence-electron chi connectivity index (χ4n) is 2.80. The van der Waals surface area contributed by atoms with E-state index in [1.54, 1.807) is 0 Å². The summed E-state index contributed by atoms with van der Waals surface area (Å²) in [4.78, 5) is 14.5. The summed E-state index contributed by atoms with van der Waals surface area (Å²) in [5.41, 5.74) is -0.485. The van der Waals surface area contributed by atoms with Gasteiger partial charge in [-0.1, -0.05) is 26.7 Å². The van der Waals surface area contributed by atoms with Gasteiger partial charge >= 0.3 is 0 Å². The third-order valence-electron chi connectivity index (χ3n) is 4.40. The molecule has 1 saturated heterocycles. The molecule has 0 radical (unpaired) electrons. The van der Waals surface area contributed by atoms with Gasteiger partial charge in [0.25, 0.3) is 0 Å². The van der Waals surface area contributed by atoms with E-state index in [1.807, 2.05) is 13.8 Å². The van der Waals surface area contributed by atoms with E-state index in [0.29, 0.717) is 12.6 Å². The Bertz CT molecular complexity index is 338. The highest BCUT2D eigenvalue weighted by Crippen LogP contribution is 2.14. The minimum Gasteiger partial charge on any atom is -0.339 e. The van der Waals surface area contributed by atoms with Crippen LogP contribution in [0.15, 0.2) is 0 Å². The lowest BCUT2D eigenvalue weighted by Crippen LogP contribution is -2.53. The van der Waals surface area contributed by atoms with Crippen molar-refractivity contribution in [1.29, 1.82) is 0 Å². The van der Waals surface area contributed by atoms with E-state index in [9.17, 15) is 4.79 Å². The maximum atomic E-state index is 12.3. The third-order valence-corrected chi connectivity index (χ3v) is 4.40.